The molecule has 0 aliphatic carbocycles. The molecule has 0 aromatic carbocycles. The van der Waals surface area contributed by atoms with Crippen LogP contribution >= 0.6 is 0 Å². The number of allylic oxidation sites excluding steroid dienone is 2. The van der Waals surface area contributed by atoms with Crippen molar-refractivity contribution in [3.05, 3.63) is 25.7 Å². The zero-order chi connectivity index (χ0) is 6.41. The molecule has 0 fully saturated rings. The fourth-order valence-electron chi connectivity index (χ4n) is 0.281. The topological polar surface area (TPSA) is 9.23 Å². The van der Waals surface area contributed by atoms with Crippen molar-refractivity contribution in [1.29, 1.82) is 0 Å². The van der Waals surface area contributed by atoms with Crippen LogP contribution in [0.4, 0.5) is 0 Å². The number of hydrogen-bond acceptors (Lipinski definition) is 1. The molecular formula is C8H15OY2. The average molecular weight is 305 g/mol. The Hall–Kier alpha value is 1.75. The smallest absolute Gasteiger partial charge is 0.566 e. The molecule has 0 saturated heterocycles. The van der Waals surface area contributed by atoms with Gasteiger partial charge >= 0.3 is 32.7 Å². The molecule has 0 saturated carbocycles. The van der Waals surface area contributed by atoms with Crippen molar-refractivity contribution in [2.75, 3.05) is 6.61 Å². The molecule has 0 amide bonds. The van der Waals surface area contributed by atoms with Gasteiger partial charge in [-0.15, -0.1) is 0 Å². The molecule has 1 radical (unpaired) electrons. The average Bonchev–Trinajstić information content (AvgIpc) is 1.83. The molecule has 0 rings (SSSR count). The Labute approximate surface area is 121 Å². The largest absolute Gasteiger partial charge is 3.00 e. The van der Waals surface area contributed by atoms with Gasteiger partial charge in [-0.3, -0.25) is 6.42 Å². The molecular weight excluding hydrogens is 290 g/mol. The van der Waals surface area contributed by atoms with Crippen LogP contribution in [0.5, 0.6) is 0 Å². The molecule has 0 aromatic rings. The van der Waals surface area contributed by atoms with E-state index < -0.39 is 0 Å². The van der Waals surface area contributed by atoms with E-state index >= 15 is 0 Å². The van der Waals surface area contributed by atoms with Gasteiger partial charge in [-0.2, -0.15) is 13.8 Å². The maximum atomic E-state index is 5.09. The van der Waals surface area contributed by atoms with Crippen molar-refractivity contribution >= 4 is 0 Å². The molecule has 1 nitrogen and oxygen atoms in total. The minimum absolute atomic E-state index is 0. The molecule has 0 aliphatic heterocycles. The number of hydrogen-bond donors (Lipinski definition) is 0. The molecule has 0 aromatic heterocycles. The molecule has 59 valence electrons. The quantitative estimate of drug-likeness (QED) is 0.575. The first kappa shape index (κ1) is 23.0. The third-order valence-electron chi connectivity index (χ3n) is 0.819. The van der Waals surface area contributed by atoms with Gasteiger partial charge in [0.25, 0.3) is 0 Å². The van der Waals surface area contributed by atoms with Crippen LogP contribution in [0.15, 0.2) is 5.76 Å². The maximum absolute atomic E-state index is 5.09. The summed E-state index contributed by atoms with van der Waals surface area (Å²) in [5, 5.41) is 0. The molecule has 0 N–H and O–H groups in total. The Morgan fingerprint density at radius 1 is 1.55 bits per heavy atom. The predicted octanol–water partition coefficient (Wildman–Crippen LogP) is 2.40. The molecule has 0 aliphatic rings. The molecule has 0 unspecified atom stereocenters. The van der Waals surface area contributed by atoms with Gasteiger partial charge in [-0.05, 0) is 13.5 Å². The maximum Gasteiger partial charge on any atom is 3.00 e. The Bertz CT molecular complexity index is 82.2. The summed E-state index contributed by atoms with van der Waals surface area (Å²) in [6.07, 6.45) is 4.83. The van der Waals surface area contributed by atoms with Crippen molar-refractivity contribution < 1.29 is 70.2 Å². The van der Waals surface area contributed by atoms with Crippen molar-refractivity contribution in [2.24, 2.45) is 0 Å². The summed E-state index contributed by atoms with van der Waals surface area (Å²) in [6, 6.07) is 0. The van der Waals surface area contributed by atoms with Crippen LogP contribution in [0.1, 0.15) is 20.8 Å². The first-order valence-corrected chi connectivity index (χ1v) is 2.73. The van der Waals surface area contributed by atoms with Gasteiger partial charge in [0.2, 0.25) is 0 Å². The summed E-state index contributed by atoms with van der Waals surface area (Å²) in [5.74, 6) is 0.864. The Kier molecular flexibility index (Phi) is 37.1. The van der Waals surface area contributed by atoms with Crippen LogP contribution in [0.2, 0.25) is 0 Å². The van der Waals surface area contributed by atoms with Crippen molar-refractivity contribution in [2.45, 2.75) is 20.8 Å². The summed E-state index contributed by atoms with van der Waals surface area (Å²) in [7, 11) is 0. The van der Waals surface area contributed by atoms with Crippen LogP contribution in [0.25, 0.3) is 0 Å². The van der Waals surface area contributed by atoms with E-state index in [0.717, 1.165) is 5.76 Å². The van der Waals surface area contributed by atoms with Gasteiger partial charge < -0.3 is 18.2 Å². The van der Waals surface area contributed by atoms with Crippen molar-refractivity contribution in [3.63, 3.8) is 0 Å². The number of rotatable bonds is 3. The SMILES string of the molecule is C[C-]=C(C)OC[CH-]C.[CH3-].[Y+3].[Y]. The molecule has 0 spiro atoms. The van der Waals surface area contributed by atoms with Crippen LogP contribution in [0.3, 0.4) is 0 Å². The predicted molar refractivity (Wildman–Crippen MR) is 40.4 cm³/mol. The van der Waals surface area contributed by atoms with Gasteiger partial charge in [-0.25, -0.2) is 0 Å². The first-order valence-electron chi connectivity index (χ1n) is 2.73. The Balaban J connectivity index is -0.0000000817. The van der Waals surface area contributed by atoms with E-state index in [4.69, 9.17) is 4.74 Å². The zero-order valence-electron chi connectivity index (χ0n) is 7.85. The third kappa shape index (κ3) is 18.6. The van der Waals surface area contributed by atoms with E-state index in [1.807, 2.05) is 27.2 Å². The van der Waals surface area contributed by atoms with Crippen molar-refractivity contribution in [3.8, 4) is 0 Å². The van der Waals surface area contributed by atoms with Crippen LogP contribution in [-0.2, 0) is 70.2 Å². The van der Waals surface area contributed by atoms with Gasteiger partial charge in [0.1, 0.15) is 0 Å². The number of ether oxygens (including phenoxy) is 1. The van der Waals surface area contributed by atoms with Crippen LogP contribution in [-0.4, -0.2) is 6.61 Å². The zero-order valence-corrected chi connectivity index (χ0v) is 13.5. The van der Waals surface area contributed by atoms with Gasteiger partial charge in [-0.1, -0.05) is 5.76 Å². The second-order valence-corrected chi connectivity index (χ2v) is 1.53. The minimum atomic E-state index is 0. The van der Waals surface area contributed by atoms with E-state index in [9.17, 15) is 0 Å². The third-order valence-corrected chi connectivity index (χ3v) is 0.819. The molecule has 0 heterocycles. The van der Waals surface area contributed by atoms with Crippen LogP contribution in [0, 0.1) is 19.9 Å². The summed E-state index contributed by atoms with van der Waals surface area (Å²) in [6.45, 7) is 6.38. The van der Waals surface area contributed by atoms with Gasteiger partial charge in [0.05, 0.1) is 0 Å². The standard InChI is InChI=1S/C7H12O.CH3.2Y/c1-4-6-8-7(3)5-2;;;/h4H,6H2,1-3H3;1H3;;/q-2;-1;;+3. The normalized spacial score (nSPS) is 8.45. The second kappa shape index (κ2) is 17.7. The van der Waals surface area contributed by atoms with Crippen molar-refractivity contribution in [1.82, 2.24) is 0 Å². The second-order valence-electron chi connectivity index (χ2n) is 1.53. The Morgan fingerprint density at radius 2 is 2.00 bits per heavy atom. The summed E-state index contributed by atoms with van der Waals surface area (Å²) in [5.41, 5.74) is 0. The molecule has 3 heteroatoms. The summed E-state index contributed by atoms with van der Waals surface area (Å²) < 4.78 is 5.09. The van der Waals surface area contributed by atoms with E-state index in [1.165, 1.54) is 0 Å². The minimum Gasteiger partial charge on any atom is -0.566 e. The summed E-state index contributed by atoms with van der Waals surface area (Å²) in [4.78, 5) is 0. The van der Waals surface area contributed by atoms with E-state index in [0.29, 0.717) is 6.61 Å². The van der Waals surface area contributed by atoms with E-state index in [1.54, 1.807) is 0 Å². The molecule has 11 heavy (non-hydrogen) atoms. The first-order chi connectivity index (χ1) is 3.81. The van der Waals surface area contributed by atoms with Crippen LogP contribution < -0.4 is 0 Å². The van der Waals surface area contributed by atoms with Gasteiger partial charge in [0.15, 0.2) is 0 Å². The van der Waals surface area contributed by atoms with E-state index in [-0.39, 0.29) is 72.8 Å². The monoisotopic (exact) mass is 305 g/mol. The molecule has 0 bridgehead atoms. The van der Waals surface area contributed by atoms with Gasteiger partial charge in [0, 0.05) is 32.7 Å². The van der Waals surface area contributed by atoms with E-state index in [2.05, 4.69) is 6.08 Å². The Morgan fingerprint density at radius 3 is 2.27 bits per heavy atom. The fourth-order valence-corrected chi connectivity index (χ4v) is 0.281. The molecule has 0 atom stereocenters. The fraction of sp³-hybridized carbons (Fsp3) is 0.500. The summed E-state index contributed by atoms with van der Waals surface area (Å²) >= 11 is 0.